The van der Waals surface area contributed by atoms with Gasteiger partial charge in [-0.2, -0.15) is 0 Å². The average molecular weight is 333 g/mol. The number of benzene rings is 1. The van der Waals surface area contributed by atoms with Gasteiger partial charge in [-0.15, -0.1) is 0 Å². The molecule has 5 nitrogen and oxygen atoms in total. The average Bonchev–Trinajstić information content (AvgIpc) is 2.52. The molecular formula is C17H17F2N3O2. The van der Waals surface area contributed by atoms with Gasteiger partial charge in [-0.1, -0.05) is 6.42 Å². The zero-order valence-corrected chi connectivity index (χ0v) is 12.9. The molecular weight excluding hydrogens is 316 g/mol. The molecule has 1 saturated carbocycles. The van der Waals surface area contributed by atoms with Gasteiger partial charge in [-0.3, -0.25) is 9.59 Å². The van der Waals surface area contributed by atoms with Gasteiger partial charge in [0.1, 0.15) is 11.6 Å². The summed E-state index contributed by atoms with van der Waals surface area (Å²) in [5, 5.41) is 2.74. The number of hydrogen-bond acceptors (Lipinski definition) is 3. The summed E-state index contributed by atoms with van der Waals surface area (Å²) in [6.45, 7) is 0.320. The molecule has 0 radical (unpaired) electrons. The Balaban J connectivity index is 1.69. The second kappa shape index (κ2) is 6.51. The molecule has 1 amide bonds. The Bertz CT molecular complexity index is 815. The molecule has 2 aromatic rings. The van der Waals surface area contributed by atoms with Crippen molar-refractivity contribution in [1.29, 1.82) is 0 Å². The first-order chi connectivity index (χ1) is 11.5. The van der Waals surface area contributed by atoms with Crippen LogP contribution >= 0.6 is 0 Å². The minimum atomic E-state index is -0.487. The molecule has 0 saturated heterocycles. The van der Waals surface area contributed by atoms with E-state index in [0.29, 0.717) is 18.5 Å². The van der Waals surface area contributed by atoms with Crippen LogP contribution in [0, 0.1) is 17.0 Å². The first-order valence-corrected chi connectivity index (χ1v) is 7.75. The first-order valence-electron chi connectivity index (χ1n) is 7.75. The van der Waals surface area contributed by atoms with Gasteiger partial charge >= 0.3 is 0 Å². The number of halogens is 2. The molecule has 1 aliphatic rings. The predicted octanol–water partition coefficient (Wildman–Crippen LogP) is 2.19. The number of aromatic nitrogens is 2. The molecule has 0 spiro atoms. The van der Waals surface area contributed by atoms with E-state index in [1.54, 1.807) is 0 Å². The highest BCUT2D eigenvalue weighted by atomic mass is 19.1. The van der Waals surface area contributed by atoms with Gasteiger partial charge in [-0.05, 0) is 48.4 Å². The topological polar surface area (TPSA) is 74.8 Å². The SMILES string of the molecule is O=C(NCC1(Cc2cc(F)ccc2F)CCC1)c1nccc(=O)[nH]1. The van der Waals surface area contributed by atoms with Crippen molar-refractivity contribution in [3.63, 3.8) is 0 Å². The highest BCUT2D eigenvalue weighted by Gasteiger charge is 2.38. The van der Waals surface area contributed by atoms with E-state index in [0.717, 1.165) is 31.4 Å². The molecule has 0 unspecified atom stereocenters. The number of carbonyl (C=O) groups is 1. The van der Waals surface area contributed by atoms with Crippen molar-refractivity contribution < 1.29 is 13.6 Å². The number of carbonyl (C=O) groups excluding carboxylic acids is 1. The maximum Gasteiger partial charge on any atom is 0.287 e. The van der Waals surface area contributed by atoms with E-state index in [-0.39, 0.29) is 11.2 Å². The van der Waals surface area contributed by atoms with E-state index in [9.17, 15) is 18.4 Å². The van der Waals surface area contributed by atoms with Crippen LogP contribution in [0.3, 0.4) is 0 Å². The molecule has 0 aliphatic heterocycles. The summed E-state index contributed by atoms with van der Waals surface area (Å²) >= 11 is 0. The van der Waals surface area contributed by atoms with Gasteiger partial charge in [0.05, 0.1) is 0 Å². The Morgan fingerprint density at radius 3 is 2.75 bits per heavy atom. The van der Waals surface area contributed by atoms with Crippen LogP contribution in [0.25, 0.3) is 0 Å². The third kappa shape index (κ3) is 3.50. The Morgan fingerprint density at radius 1 is 1.29 bits per heavy atom. The van der Waals surface area contributed by atoms with Gasteiger partial charge in [0, 0.05) is 18.8 Å². The van der Waals surface area contributed by atoms with Gasteiger partial charge < -0.3 is 10.3 Å². The predicted molar refractivity (Wildman–Crippen MR) is 83.5 cm³/mol. The fraction of sp³-hybridized carbons (Fsp3) is 0.353. The van der Waals surface area contributed by atoms with Crippen molar-refractivity contribution in [3.8, 4) is 0 Å². The van der Waals surface area contributed by atoms with Crippen LogP contribution in [-0.4, -0.2) is 22.4 Å². The Labute approximate surface area is 137 Å². The number of rotatable bonds is 5. The maximum atomic E-state index is 13.9. The summed E-state index contributed by atoms with van der Waals surface area (Å²) < 4.78 is 27.2. The second-order valence-corrected chi connectivity index (χ2v) is 6.23. The molecule has 2 N–H and O–H groups in total. The highest BCUT2D eigenvalue weighted by Crippen LogP contribution is 2.43. The fourth-order valence-corrected chi connectivity index (χ4v) is 3.01. The van der Waals surface area contributed by atoms with Gasteiger partial charge in [0.2, 0.25) is 0 Å². The molecule has 1 aliphatic carbocycles. The highest BCUT2D eigenvalue weighted by molar-refractivity contribution is 5.90. The summed E-state index contributed by atoms with van der Waals surface area (Å²) in [4.78, 5) is 29.5. The summed E-state index contributed by atoms with van der Waals surface area (Å²) in [7, 11) is 0. The number of hydrogen-bond donors (Lipinski definition) is 2. The molecule has 1 fully saturated rings. The molecule has 7 heteroatoms. The summed E-state index contributed by atoms with van der Waals surface area (Å²) in [5.41, 5.74) is -0.384. The zero-order valence-electron chi connectivity index (χ0n) is 12.9. The van der Waals surface area contributed by atoms with Crippen LogP contribution in [0.5, 0.6) is 0 Å². The van der Waals surface area contributed by atoms with E-state index in [1.165, 1.54) is 18.3 Å². The van der Waals surface area contributed by atoms with Crippen molar-refractivity contribution in [2.24, 2.45) is 5.41 Å². The van der Waals surface area contributed by atoms with E-state index in [1.807, 2.05) is 0 Å². The number of nitrogens with zero attached hydrogens (tertiary/aromatic N) is 1. The van der Waals surface area contributed by atoms with Crippen LogP contribution in [0.15, 0.2) is 35.3 Å². The molecule has 0 atom stereocenters. The van der Waals surface area contributed by atoms with E-state index in [2.05, 4.69) is 15.3 Å². The van der Waals surface area contributed by atoms with Crippen molar-refractivity contribution in [2.75, 3.05) is 6.54 Å². The van der Waals surface area contributed by atoms with E-state index in [4.69, 9.17) is 0 Å². The van der Waals surface area contributed by atoms with Crippen molar-refractivity contribution in [3.05, 3.63) is 63.8 Å². The van der Waals surface area contributed by atoms with Crippen molar-refractivity contribution in [1.82, 2.24) is 15.3 Å². The first kappa shape index (κ1) is 16.3. The standard InChI is InChI=1S/C17H17F2N3O2/c18-12-2-3-13(19)11(8-12)9-17(5-1-6-17)10-21-16(24)15-20-7-4-14(23)22-15/h2-4,7-8H,1,5-6,9-10H2,(H,21,24)(H,20,22,23). The Morgan fingerprint density at radius 2 is 2.08 bits per heavy atom. The Kier molecular flexibility index (Phi) is 4.42. The minimum absolute atomic E-state index is 0.0612. The van der Waals surface area contributed by atoms with Crippen LogP contribution in [0.1, 0.15) is 35.4 Å². The molecule has 24 heavy (non-hydrogen) atoms. The fourth-order valence-electron chi connectivity index (χ4n) is 3.01. The largest absolute Gasteiger partial charge is 0.349 e. The molecule has 3 rings (SSSR count). The van der Waals surface area contributed by atoms with Gasteiger partial charge in [0.15, 0.2) is 5.82 Å². The van der Waals surface area contributed by atoms with Gasteiger partial charge in [-0.25, -0.2) is 13.8 Å². The quantitative estimate of drug-likeness (QED) is 0.881. The summed E-state index contributed by atoms with van der Waals surface area (Å²) in [6.07, 6.45) is 4.24. The zero-order chi connectivity index (χ0) is 17.2. The Hall–Kier alpha value is -2.57. The lowest BCUT2D eigenvalue weighted by Gasteiger charge is -2.42. The third-order valence-electron chi connectivity index (χ3n) is 4.50. The van der Waals surface area contributed by atoms with Crippen molar-refractivity contribution >= 4 is 5.91 Å². The number of aromatic amines is 1. The second-order valence-electron chi connectivity index (χ2n) is 6.23. The lowest BCUT2D eigenvalue weighted by Crippen LogP contribution is -2.44. The molecule has 126 valence electrons. The van der Waals surface area contributed by atoms with Gasteiger partial charge in [0.25, 0.3) is 11.5 Å². The normalized spacial score (nSPS) is 15.6. The lowest BCUT2D eigenvalue weighted by molar-refractivity contribution is 0.0847. The monoisotopic (exact) mass is 333 g/mol. The van der Waals surface area contributed by atoms with Crippen LogP contribution in [0.4, 0.5) is 8.78 Å². The van der Waals surface area contributed by atoms with E-state index >= 15 is 0 Å². The number of H-pyrrole nitrogens is 1. The van der Waals surface area contributed by atoms with Crippen LogP contribution < -0.4 is 10.9 Å². The van der Waals surface area contributed by atoms with E-state index < -0.39 is 23.1 Å². The molecule has 1 heterocycles. The number of amides is 1. The lowest BCUT2D eigenvalue weighted by atomic mass is 9.65. The minimum Gasteiger partial charge on any atom is -0.349 e. The van der Waals surface area contributed by atoms with Crippen LogP contribution in [0.2, 0.25) is 0 Å². The molecule has 1 aromatic carbocycles. The van der Waals surface area contributed by atoms with Crippen LogP contribution in [-0.2, 0) is 6.42 Å². The number of nitrogens with one attached hydrogen (secondary N) is 2. The summed E-state index contributed by atoms with van der Waals surface area (Å²) in [5.74, 6) is -1.47. The molecule has 1 aromatic heterocycles. The maximum absolute atomic E-state index is 13.9. The van der Waals surface area contributed by atoms with Crippen molar-refractivity contribution in [2.45, 2.75) is 25.7 Å². The third-order valence-corrected chi connectivity index (χ3v) is 4.50. The smallest absolute Gasteiger partial charge is 0.287 e. The molecule has 0 bridgehead atoms. The summed E-state index contributed by atoms with van der Waals surface area (Å²) in [6, 6.07) is 4.63.